The summed E-state index contributed by atoms with van der Waals surface area (Å²) in [5.74, 6) is 0. The summed E-state index contributed by atoms with van der Waals surface area (Å²) >= 11 is 12.4. The van der Waals surface area contributed by atoms with E-state index in [1.165, 1.54) is 21.0 Å². The SMILES string of the molecule is CC(C)(C)OC(=O)N[C@@H]1CCCN(S(=O)(=O)c2cccc3cncc(Cl)c23)C1.N[C@@H]1CCCN(S(=O)(=O)c2cccc3cncc(Cl)c23)C1. The summed E-state index contributed by atoms with van der Waals surface area (Å²) < 4.78 is 60.5. The third-order valence-corrected chi connectivity index (χ3v) is 12.5. The topological polar surface area (TPSA) is 165 Å². The lowest BCUT2D eigenvalue weighted by molar-refractivity contribution is 0.0487. The van der Waals surface area contributed by atoms with Crippen molar-refractivity contribution in [2.45, 2.75) is 73.9 Å². The normalized spacial score (nSPS) is 19.6. The van der Waals surface area contributed by atoms with Crippen LogP contribution >= 0.6 is 23.2 Å². The number of benzene rings is 2. The molecule has 0 saturated carbocycles. The van der Waals surface area contributed by atoms with Crippen LogP contribution in [-0.4, -0.2) is 85.4 Å². The van der Waals surface area contributed by atoms with Gasteiger partial charge in [0.2, 0.25) is 20.0 Å². The third-order valence-electron chi connectivity index (χ3n) is 8.16. The summed E-state index contributed by atoms with van der Waals surface area (Å²) in [4.78, 5) is 20.4. The zero-order chi connectivity index (χ0) is 35.6. The van der Waals surface area contributed by atoms with Crippen molar-refractivity contribution in [1.82, 2.24) is 23.9 Å². The fraction of sp³-hybridized carbons (Fsp3) is 0.424. The lowest BCUT2D eigenvalue weighted by atomic mass is 10.1. The number of aromatic nitrogens is 2. The van der Waals surface area contributed by atoms with E-state index in [9.17, 15) is 21.6 Å². The molecule has 0 unspecified atom stereocenters. The molecule has 0 bridgehead atoms. The number of ether oxygens (including phenoxy) is 1. The van der Waals surface area contributed by atoms with Gasteiger partial charge in [-0.1, -0.05) is 47.5 Å². The van der Waals surface area contributed by atoms with E-state index in [0.717, 1.165) is 12.8 Å². The van der Waals surface area contributed by atoms with E-state index < -0.39 is 31.7 Å². The highest BCUT2D eigenvalue weighted by Crippen LogP contribution is 2.33. The maximum Gasteiger partial charge on any atom is 0.407 e. The largest absolute Gasteiger partial charge is 0.444 e. The number of amides is 1. The molecule has 3 N–H and O–H groups in total. The van der Waals surface area contributed by atoms with E-state index in [1.54, 1.807) is 69.6 Å². The maximum atomic E-state index is 13.3. The van der Waals surface area contributed by atoms with E-state index in [2.05, 4.69) is 15.3 Å². The predicted octanol–water partition coefficient (Wildman–Crippen LogP) is 5.57. The van der Waals surface area contributed by atoms with Gasteiger partial charge in [0.05, 0.1) is 19.8 Å². The molecule has 2 aliphatic rings. The Hall–Kier alpha value is -3.11. The van der Waals surface area contributed by atoms with Crippen molar-refractivity contribution in [3.63, 3.8) is 0 Å². The van der Waals surface area contributed by atoms with Crippen LogP contribution in [0.3, 0.4) is 0 Å². The molecule has 2 aliphatic heterocycles. The van der Waals surface area contributed by atoms with E-state index >= 15 is 0 Å². The van der Waals surface area contributed by atoms with Gasteiger partial charge in [-0.3, -0.25) is 9.97 Å². The van der Waals surface area contributed by atoms with Crippen LogP contribution in [0.25, 0.3) is 21.5 Å². The first-order valence-electron chi connectivity index (χ1n) is 15.9. The Morgan fingerprint density at radius 2 is 1.31 bits per heavy atom. The third kappa shape index (κ3) is 8.62. The molecular weight excluding hydrogens is 711 g/mol. The van der Waals surface area contributed by atoms with Crippen molar-refractivity contribution in [2.75, 3.05) is 26.2 Å². The number of alkyl carbamates (subject to hydrolysis) is 1. The highest BCUT2D eigenvalue weighted by molar-refractivity contribution is 7.89. The molecule has 0 radical (unpaired) electrons. The van der Waals surface area contributed by atoms with E-state index in [4.69, 9.17) is 33.7 Å². The molecule has 0 aliphatic carbocycles. The van der Waals surface area contributed by atoms with Gasteiger partial charge in [0.15, 0.2) is 0 Å². The number of carbonyl (C=O) groups excluding carboxylic acids is 1. The van der Waals surface area contributed by atoms with Gasteiger partial charge in [-0.05, 0) is 58.6 Å². The van der Waals surface area contributed by atoms with Crippen molar-refractivity contribution in [2.24, 2.45) is 5.73 Å². The molecule has 2 fully saturated rings. The summed E-state index contributed by atoms with van der Waals surface area (Å²) in [7, 11) is -7.39. The minimum Gasteiger partial charge on any atom is -0.444 e. The van der Waals surface area contributed by atoms with Gasteiger partial charge in [-0.2, -0.15) is 8.61 Å². The van der Waals surface area contributed by atoms with Crippen molar-refractivity contribution in [1.29, 1.82) is 0 Å². The molecule has 49 heavy (non-hydrogen) atoms. The van der Waals surface area contributed by atoms with Crippen LogP contribution in [-0.2, 0) is 24.8 Å². The number of rotatable bonds is 5. The Morgan fingerprint density at radius 3 is 1.80 bits per heavy atom. The Morgan fingerprint density at radius 1 is 0.816 bits per heavy atom. The average molecular weight is 752 g/mol. The first-order chi connectivity index (χ1) is 23.1. The lowest BCUT2D eigenvalue weighted by Gasteiger charge is -2.33. The smallest absolute Gasteiger partial charge is 0.407 e. The van der Waals surface area contributed by atoms with Gasteiger partial charge >= 0.3 is 6.09 Å². The number of nitrogens with zero attached hydrogens (tertiary/aromatic N) is 4. The zero-order valence-corrected chi connectivity index (χ0v) is 30.6. The molecule has 2 aromatic heterocycles. The second-order valence-electron chi connectivity index (χ2n) is 13.1. The molecule has 2 aromatic carbocycles. The van der Waals surface area contributed by atoms with Crippen LogP contribution in [0.15, 0.2) is 71.0 Å². The van der Waals surface area contributed by atoms with Crippen LogP contribution in [0, 0.1) is 0 Å². The maximum absolute atomic E-state index is 13.3. The van der Waals surface area contributed by atoms with Crippen molar-refractivity contribution in [3.05, 3.63) is 71.2 Å². The molecule has 1 amide bonds. The quantitative estimate of drug-likeness (QED) is 0.266. The van der Waals surface area contributed by atoms with Gasteiger partial charge in [0.1, 0.15) is 5.60 Å². The van der Waals surface area contributed by atoms with Crippen molar-refractivity contribution < 1.29 is 26.4 Å². The fourth-order valence-electron chi connectivity index (χ4n) is 5.97. The Balaban J connectivity index is 0.000000199. The molecular formula is C33H40Cl2N6O6S2. The lowest BCUT2D eigenvalue weighted by Crippen LogP contribution is -2.50. The average Bonchev–Trinajstić information content (AvgIpc) is 3.04. The van der Waals surface area contributed by atoms with Gasteiger partial charge in [-0.25, -0.2) is 21.6 Å². The molecule has 4 aromatic rings. The van der Waals surface area contributed by atoms with E-state index in [-0.39, 0.29) is 33.4 Å². The molecule has 2 atom stereocenters. The highest BCUT2D eigenvalue weighted by Gasteiger charge is 2.33. The summed E-state index contributed by atoms with van der Waals surface area (Å²) in [5, 5.41) is 5.76. The van der Waals surface area contributed by atoms with E-state index in [0.29, 0.717) is 59.0 Å². The molecule has 4 heterocycles. The Bertz CT molecular complexity index is 2050. The standard InChI is InChI=1S/C19H24ClN3O4S.C14H16ClN3O2S/c1-19(2,3)27-18(24)22-14-7-5-9-23(12-14)28(25,26)16-8-4-6-13-10-21-11-15(20)17(13)16;15-12-8-17-7-10-3-1-5-13(14(10)12)21(19,20)18-6-2-4-11(16)9-18/h4,6,8,10-11,14H,5,7,9,12H2,1-3H3,(H,22,24);1,3,5,7-8,11H,2,4,6,9,16H2/t14-;11-/m11/s1. The number of fused-ring (bicyclic) bond motifs is 2. The number of halogens is 2. The minimum atomic E-state index is -3.79. The predicted molar refractivity (Wildman–Crippen MR) is 191 cm³/mol. The number of sulfonamides is 2. The number of piperidine rings is 2. The van der Waals surface area contributed by atoms with Gasteiger partial charge < -0.3 is 15.8 Å². The van der Waals surface area contributed by atoms with Crippen LogP contribution < -0.4 is 11.1 Å². The monoisotopic (exact) mass is 750 g/mol. The molecule has 6 rings (SSSR count). The number of carbonyl (C=O) groups is 1. The first-order valence-corrected chi connectivity index (χ1v) is 19.5. The van der Waals surface area contributed by atoms with Crippen molar-refractivity contribution >= 4 is 70.9 Å². The van der Waals surface area contributed by atoms with E-state index in [1.807, 2.05) is 0 Å². The number of hydrogen-bond donors (Lipinski definition) is 2. The fourth-order valence-corrected chi connectivity index (χ4v) is 10.1. The second kappa shape index (κ2) is 15.0. The number of hydrogen-bond acceptors (Lipinski definition) is 9. The van der Waals surface area contributed by atoms with Crippen LogP contribution in [0.5, 0.6) is 0 Å². The second-order valence-corrected chi connectivity index (χ2v) is 17.7. The molecule has 12 nitrogen and oxygen atoms in total. The molecule has 0 spiro atoms. The van der Waals surface area contributed by atoms with Crippen molar-refractivity contribution in [3.8, 4) is 0 Å². The Labute approximate surface area is 297 Å². The zero-order valence-electron chi connectivity index (χ0n) is 27.5. The number of nitrogens with one attached hydrogen (secondary N) is 1. The summed E-state index contributed by atoms with van der Waals surface area (Å²) in [6.45, 7) is 6.75. The molecule has 2 saturated heterocycles. The van der Waals surface area contributed by atoms with Gasteiger partial charge in [-0.15, -0.1) is 0 Å². The Kier molecular flexibility index (Phi) is 11.4. The van der Waals surface area contributed by atoms with Crippen LogP contribution in [0.4, 0.5) is 4.79 Å². The highest BCUT2D eigenvalue weighted by atomic mass is 35.5. The summed E-state index contributed by atoms with van der Waals surface area (Å²) in [6.07, 6.45) is 8.51. The molecule has 264 valence electrons. The van der Waals surface area contributed by atoms with Crippen LogP contribution in [0.2, 0.25) is 10.0 Å². The number of pyridine rings is 2. The molecule has 16 heteroatoms. The number of nitrogens with two attached hydrogens (primary N) is 1. The first kappa shape index (κ1) is 37.2. The summed E-state index contributed by atoms with van der Waals surface area (Å²) in [6, 6.07) is 9.67. The summed E-state index contributed by atoms with van der Waals surface area (Å²) in [5.41, 5.74) is 5.29. The minimum absolute atomic E-state index is 0.111. The van der Waals surface area contributed by atoms with Crippen LogP contribution in [0.1, 0.15) is 46.5 Å². The van der Waals surface area contributed by atoms with Gasteiger partial charge in [0, 0.05) is 84.6 Å². The van der Waals surface area contributed by atoms with Gasteiger partial charge in [0.25, 0.3) is 0 Å².